The van der Waals surface area contributed by atoms with Crippen molar-refractivity contribution in [2.24, 2.45) is 5.73 Å². The molecule has 2 nitrogen and oxygen atoms in total. The molecule has 0 saturated carbocycles. The molecule has 0 atom stereocenters. The summed E-state index contributed by atoms with van der Waals surface area (Å²) in [7, 11) is 0. The summed E-state index contributed by atoms with van der Waals surface area (Å²) in [5.74, 6) is 0. The van der Waals surface area contributed by atoms with Gasteiger partial charge in [-0.15, -0.1) is 0 Å². The molecular weight excluding hydrogens is 275 g/mol. The number of hydrogen-bond donors (Lipinski definition) is 1. The summed E-state index contributed by atoms with van der Waals surface area (Å²) in [6, 6.07) is 9.20. The molecule has 0 saturated heterocycles. The van der Waals surface area contributed by atoms with Crippen LogP contribution in [0.2, 0.25) is 10.0 Å². The van der Waals surface area contributed by atoms with Gasteiger partial charge >= 0.3 is 0 Å². The van der Waals surface area contributed by atoms with Gasteiger partial charge in [-0.3, -0.25) is 0 Å². The van der Waals surface area contributed by atoms with Crippen LogP contribution in [0.25, 0.3) is 0 Å². The van der Waals surface area contributed by atoms with Crippen LogP contribution in [0, 0.1) is 0 Å². The highest BCUT2D eigenvalue weighted by Gasteiger charge is 2.05. The van der Waals surface area contributed by atoms with Crippen molar-refractivity contribution in [3.05, 3.63) is 52.1 Å². The smallest absolute Gasteiger partial charge is 0.101 e. The Balaban J connectivity index is 2.27. The lowest BCUT2D eigenvalue weighted by Crippen LogP contribution is -1.96. The van der Waals surface area contributed by atoms with Crippen molar-refractivity contribution >= 4 is 35.0 Å². The highest BCUT2D eigenvalue weighted by molar-refractivity contribution is 7.99. The summed E-state index contributed by atoms with van der Waals surface area (Å²) in [4.78, 5) is 5.15. The molecular formula is C12H10Cl2N2S. The maximum atomic E-state index is 6.09. The fourth-order valence-electron chi connectivity index (χ4n) is 1.30. The van der Waals surface area contributed by atoms with Gasteiger partial charge < -0.3 is 5.73 Å². The third kappa shape index (κ3) is 3.36. The van der Waals surface area contributed by atoms with Crippen molar-refractivity contribution < 1.29 is 0 Å². The average Bonchev–Trinajstić information content (AvgIpc) is 2.34. The van der Waals surface area contributed by atoms with E-state index in [1.165, 1.54) is 11.8 Å². The first-order valence-electron chi connectivity index (χ1n) is 4.97. The molecule has 2 aromatic rings. The van der Waals surface area contributed by atoms with E-state index < -0.39 is 0 Å². The maximum Gasteiger partial charge on any atom is 0.101 e. The van der Waals surface area contributed by atoms with Crippen molar-refractivity contribution in [2.45, 2.75) is 16.5 Å². The molecule has 5 heteroatoms. The van der Waals surface area contributed by atoms with Gasteiger partial charge in [0, 0.05) is 22.7 Å². The zero-order chi connectivity index (χ0) is 12.3. The predicted molar refractivity (Wildman–Crippen MR) is 72.7 cm³/mol. The second-order valence-electron chi connectivity index (χ2n) is 3.38. The van der Waals surface area contributed by atoms with Crippen LogP contribution >= 0.6 is 35.0 Å². The van der Waals surface area contributed by atoms with Gasteiger partial charge in [-0.1, -0.05) is 35.0 Å². The number of benzene rings is 1. The molecule has 0 unspecified atom stereocenters. The van der Waals surface area contributed by atoms with Crippen molar-refractivity contribution in [1.29, 1.82) is 0 Å². The Hall–Kier alpha value is -0.740. The number of nitrogens with zero attached hydrogens (tertiary/aromatic N) is 1. The first-order chi connectivity index (χ1) is 8.19. The molecule has 0 radical (unpaired) electrons. The maximum absolute atomic E-state index is 6.09. The number of aromatic nitrogens is 1. The van der Waals surface area contributed by atoms with Crippen LogP contribution in [0.1, 0.15) is 5.56 Å². The molecule has 0 aliphatic heterocycles. The standard InChI is InChI=1S/C12H10Cl2N2S/c13-9-1-2-10(14)11(6-9)17-12-5-8(7-15)3-4-16-12/h1-6H,7,15H2. The molecule has 17 heavy (non-hydrogen) atoms. The fraction of sp³-hybridized carbons (Fsp3) is 0.0833. The largest absolute Gasteiger partial charge is 0.326 e. The Morgan fingerprint density at radius 3 is 2.76 bits per heavy atom. The average molecular weight is 285 g/mol. The van der Waals surface area contributed by atoms with Crippen LogP contribution in [-0.4, -0.2) is 4.98 Å². The van der Waals surface area contributed by atoms with Gasteiger partial charge in [0.05, 0.1) is 5.02 Å². The fourth-order valence-corrected chi connectivity index (χ4v) is 2.67. The summed E-state index contributed by atoms with van der Waals surface area (Å²) < 4.78 is 0. The van der Waals surface area contributed by atoms with Crippen LogP contribution in [-0.2, 0) is 6.54 Å². The quantitative estimate of drug-likeness (QED) is 0.926. The minimum atomic E-state index is 0.499. The van der Waals surface area contributed by atoms with Crippen molar-refractivity contribution in [3.8, 4) is 0 Å². The Morgan fingerprint density at radius 2 is 2.00 bits per heavy atom. The van der Waals surface area contributed by atoms with E-state index in [-0.39, 0.29) is 0 Å². The minimum absolute atomic E-state index is 0.499. The second-order valence-corrected chi connectivity index (χ2v) is 5.29. The Kier molecular flexibility index (Phi) is 4.29. The van der Waals surface area contributed by atoms with Gasteiger partial charge in [0.1, 0.15) is 5.03 Å². The molecule has 88 valence electrons. The molecule has 0 fully saturated rings. The first kappa shape index (κ1) is 12.7. The van der Waals surface area contributed by atoms with Crippen molar-refractivity contribution in [2.75, 3.05) is 0 Å². The molecule has 2 N–H and O–H groups in total. The first-order valence-corrected chi connectivity index (χ1v) is 6.54. The molecule has 1 heterocycles. The van der Waals surface area contributed by atoms with Crippen molar-refractivity contribution in [1.82, 2.24) is 4.98 Å². The van der Waals surface area contributed by atoms with Crippen LogP contribution in [0.4, 0.5) is 0 Å². The summed E-state index contributed by atoms with van der Waals surface area (Å²) in [6.45, 7) is 0.499. The lowest BCUT2D eigenvalue weighted by molar-refractivity contribution is 1.02. The lowest BCUT2D eigenvalue weighted by Gasteiger charge is -2.05. The topological polar surface area (TPSA) is 38.9 Å². The molecule has 0 aliphatic carbocycles. The monoisotopic (exact) mass is 284 g/mol. The zero-order valence-electron chi connectivity index (χ0n) is 8.86. The summed E-state index contributed by atoms with van der Waals surface area (Å²) in [6.07, 6.45) is 1.74. The highest BCUT2D eigenvalue weighted by Crippen LogP contribution is 2.34. The molecule has 1 aromatic carbocycles. The van der Waals surface area contributed by atoms with E-state index in [4.69, 9.17) is 28.9 Å². The number of hydrogen-bond acceptors (Lipinski definition) is 3. The molecule has 1 aromatic heterocycles. The van der Waals surface area contributed by atoms with Crippen LogP contribution < -0.4 is 5.73 Å². The van der Waals surface area contributed by atoms with Gasteiger partial charge in [-0.05, 0) is 35.9 Å². The SMILES string of the molecule is NCc1ccnc(Sc2cc(Cl)ccc2Cl)c1. The van der Waals surface area contributed by atoms with E-state index in [0.29, 0.717) is 16.6 Å². The summed E-state index contributed by atoms with van der Waals surface area (Å²) >= 11 is 13.5. The third-order valence-corrected chi connectivity index (χ3v) is 3.81. The van der Waals surface area contributed by atoms with Crippen LogP contribution in [0.15, 0.2) is 46.5 Å². The Bertz CT molecular complexity index is 532. The Labute approximate surface area is 114 Å². The highest BCUT2D eigenvalue weighted by atomic mass is 35.5. The molecule has 2 rings (SSSR count). The second kappa shape index (κ2) is 5.74. The zero-order valence-corrected chi connectivity index (χ0v) is 11.2. The van der Waals surface area contributed by atoms with Gasteiger partial charge in [0.2, 0.25) is 0 Å². The van der Waals surface area contributed by atoms with Gasteiger partial charge in [-0.25, -0.2) is 4.98 Å². The molecule has 0 amide bonds. The predicted octanol–water partition coefficient (Wildman–Crippen LogP) is 4.00. The molecule has 0 spiro atoms. The van der Waals surface area contributed by atoms with E-state index in [0.717, 1.165) is 15.5 Å². The summed E-state index contributed by atoms with van der Waals surface area (Å²) in [5, 5.41) is 2.18. The van der Waals surface area contributed by atoms with Crippen molar-refractivity contribution in [3.63, 3.8) is 0 Å². The molecule has 0 aliphatic rings. The Morgan fingerprint density at radius 1 is 1.18 bits per heavy atom. The lowest BCUT2D eigenvalue weighted by atomic mass is 10.3. The van der Waals surface area contributed by atoms with E-state index in [9.17, 15) is 0 Å². The van der Waals surface area contributed by atoms with E-state index >= 15 is 0 Å². The van der Waals surface area contributed by atoms with Gasteiger partial charge in [-0.2, -0.15) is 0 Å². The number of rotatable bonds is 3. The van der Waals surface area contributed by atoms with E-state index in [1.54, 1.807) is 18.3 Å². The van der Waals surface area contributed by atoms with E-state index in [2.05, 4.69) is 4.98 Å². The number of halogens is 2. The minimum Gasteiger partial charge on any atom is -0.326 e. The van der Waals surface area contributed by atoms with Crippen LogP contribution in [0.5, 0.6) is 0 Å². The number of nitrogens with two attached hydrogens (primary N) is 1. The van der Waals surface area contributed by atoms with Gasteiger partial charge in [0.15, 0.2) is 0 Å². The molecule has 0 bridgehead atoms. The third-order valence-electron chi connectivity index (χ3n) is 2.14. The normalized spacial score (nSPS) is 10.5. The summed E-state index contributed by atoms with van der Waals surface area (Å²) in [5.41, 5.74) is 6.62. The van der Waals surface area contributed by atoms with E-state index in [1.807, 2.05) is 18.2 Å². The van der Waals surface area contributed by atoms with Crippen LogP contribution in [0.3, 0.4) is 0 Å². The number of pyridine rings is 1. The van der Waals surface area contributed by atoms with Gasteiger partial charge in [0.25, 0.3) is 0 Å².